The van der Waals surface area contributed by atoms with Gasteiger partial charge in [0, 0.05) is 44.6 Å². The van der Waals surface area contributed by atoms with Crippen LogP contribution in [0.2, 0.25) is 0 Å². The number of rotatable bonds is 8. The topological polar surface area (TPSA) is 71.1 Å². The van der Waals surface area contributed by atoms with Gasteiger partial charge in [0.25, 0.3) is 0 Å². The molecule has 7 nitrogen and oxygen atoms in total. The Morgan fingerprint density at radius 1 is 1.35 bits per heavy atom. The van der Waals surface area contributed by atoms with Gasteiger partial charge in [-0.25, -0.2) is 9.18 Å². The molecule has 0 spiro atoms. The smallest absolute Gasteiger partial charge is 0.411 e. The number of piperidine rings is 1. The van der Waals surface area contributed by atoms with Crippen LogP contribution in [0.1, 0.15) is 46.0 Å². The summed E-state index contributed by atoms with van der Waals surface area (Å²) in [5.41, 5.74) is 0.919. The maximum absolute atomic E-state index is 14.8. The van der Waals surface area contributed by atoms with Gasteiger partial charge in [0.15, 0.2) is 0 Å². The summed E-state index contributed by atoms with van der Waals surface area (Å²) in [6, 6.07) is 5.01. The van der Waals surface area contributed by atoms with E-state index >= 15 is 0 Å². The second kappa shape index (κ2) is 11.3. The van der Waals surface area contributed by atoms with Crippen LogP contribution >= 0.6 is 0 Å². The molecule has 2 aliphatic rings. The van der Waals surface area contributed by atoms with Crippen LogP contribution in [0.15, 0.2) is 18.2 Å². The van der Waals surface area contributed by atoms with E-state index in [-0.39, 0.29) is 18.0 Å². The third kappa shape index (κ3) is 6.82. The van der Waals surface area contributed by atoms with Crippen LogP contribution in [-0.2, 0) is 14.3 Å². The molecule has 172 valence electrons. The number of nitrogens with zero attached hydrogens (tertiary/aromatic N) is 2. The number of halogens is 1. The molecule has 2 heterocycles. The van der Waals surface area contributed by atoms with Crippen molar-refractivity contribution >= 4 is 23.9 Å². The minimum absolute atomic E-state index is 0.240. The summed E-state index contributed by atoms with van der Waals surface area (Å²) in [5, 5.41) is 2.56. The van der Waals surface area contributed by atoms with Gasteiger partial charge in [-0.15, -0.1) is 0 Å². The molecule has 0 aliphatic carbocycles. The predicted octanol–water partition coefficient (Wildman–Crippen LogP) is 4.03. The lowest BCUT2D eigenvalue weighted by Gasteiger charge is -2.37. The van der Waals surface area contributed by atoms with Crippen molar-refractivity contribution in [1.29, 1.82) is 0 Å². The monoisotopic (exact) mass is 435 g/mol. The molecule has 31 heavy (non-hydrogen) atoms. The minimum atomic E-state index is -0.593. The van der Waals surface area contributed by atoms with Gasteiger partial charge < -0.3 is 19.3 Å². The van der Waals surface area contributed by atoms with E-state index in [2.05, 4.69) is 10.2 Å². The Kier molecular flexibility index (Phi) is 8.51. The van der Waals surface area contributed by atoms with Gasteiger partial charge in [-0.05, 0) is 70.1 Å². The maximum Gasteiger partial charge on any atom is 0.411 e. The molecule has 0 saturated carbocycles. The fourth-order valence-electron chi connectivity index (χ4n) is 4.39. The van der Waals surface area contributed by atoms with Crippen molar-refractivity contribution in [3.8, 4) is 0 Å². The van der Waals surface area contributed by atoms with E-state index < -0.39 is 6.09 Å². The summed E-state index contributed by atoms with van der Waals surface area (Å²) in [5.74, 6) is 0.0500. The lowest BCUT2D eigenvalue weighted by atomic mass is 9.93. The molecule has 2 saturated heterocycles. The fraction of sp³-hybridized carbons (Fsp3) is 0.652. The molecular formula is C23H34FN3O4. The predicted molar refractivity (Wildman–Crippen MR) is 118 cm³/mol. The highest BCUT2D eigenvalue weighted by Crippen LogP contribution is 2.29. The Labute approximate surface area is 183 Å². The summed E-state index contributed by atoms with van der Waals surface area (Å²) in [6.45, 7) is 7.24. The molecule has 1 aromatic carbocycles. The van der Waals surface area contributed by atoms with Crippen LogP contribution in [0.5, 0.6) is 0 Å². The van der Waals surface area contributed by atoms with E-state index in [9.17, 15) is 14.0 Å². The van der Waals surface area contributed by atoms with E-state index in [4.69, 9.17) is 9.47 Å². The van der Waals surface area contributed by atoms with Crippen molar-refractivity contribution in [3.05, 3.63) is 24.0 Å². The molecule has 0 bridgehead atoms. The highest BCUT2D eigenvalue weighted by atomic mass is 19.1. The van der Waals surface area contributed by atoms with E-state index in [0.29, 0.717) is 30.5 Å². The summed E-state index contributed by atoms with van der Waals surface area (Å²) in [4.78, 5) is 27.3. The Hall–Kier alpha value is -2.35. The van der Waals surface area contributed by atoms with Crippen molar-refractivity contribution in [3.63, 3.8) is 0 Å². The van der Waals surface area contributed by atoms with Gasteiger partial charge in [0.05, 0.1) is 11.8 Å². The number of carbonyl (C=O) groups is 2. The van der Waals surface area contributed by atoms with Crippen molar-refractivity contribution in [2.24, 2.45) is 5.92 Å². The van der Waals surface area contributed by atoms with Crippen molar-refractivity contribution in [1.82, 2.24) is 4.90 Å². The molecule has 0 aromatic heterocycles. The SMILES string of the molecule is CC(C)OC(=O)Nc1ccc(N2CCC[C@@H](CCN(C=O)C3CCOCC3)C2)c(F)c1. The Balaban J connectivity index is 1.54. The standard InChI is InChI=1S/C23H34FN3O4/c1-17(2)31-23(29)25-19-5-6-22(21(24)14-19)26-10-3-4-18(15-26)7-11-27(16-28)20-8-12-30-13-9-20/h5-6,14,16-18,20H,3-4,7-13,15H2,1-2H3,(H,25,29)/t18-/m0/s1. The molecule has 2 amide bonds. The van der Waals surface area contributed by atoms with E-state index in [1.807, 2.05) is 4.90 Å². The van der Waals surface area contributed by atoms with Gasteiger partial charge in [-0.2, -0.15) is 0 Å². The number of hydrogen-bond donors (Lipinski definition) is 1. The maximum atomic E-state index is 14.8. The first kappa shape index (κ1) is 23.3. The van der Waals surface area contributed by atoms with E-state index in [0.717, 1.165) is 58.1 Å². The average Bonchev–Trinajstić information content (AvgIpc) is 2.74. The quantitative estimate of drug-likeness (QED) is 0.625. The number of ether oxygens (including phenoxy) is 2. The van der Waals surface area contributed by atoms with Crippen molar-refractivity contribution in [2.45, 2.75) is 58.1 Å². The lowest BCUT2D eigenvalue weighted by Crippen LogP contribution is -2.41. The molecule has 1 aromatic rings. The highest BCUT2D eigenvalue weighted by molar-refractivity contribution is 5.85. The Bertz CT molecular complexity index is 740. The molecule has 0 radical (unpaired) electrons. The van der Waals surface area contributed by atoms with Crippen LogP contribution in [-0.4, -0.2) is 62.4 Å². The van der Waals surface area contributed by atoms with Crippen LogP contribution in [0.3, 0.4) is 0 Å². The third-order valence-corrected chi connectivity index (χ3v) is 5.99. The molecule has 1 atom stereocenters. The molecule has 0 unspecified atom stereocenters. The zero-order valence-electron chi connectivity index (χ0n) is 18.5. The van der Waals surface area contributed by atoms with Crippen LogP contribution in [0.25, 0.3) is 0 Å². The first-order valence-corrected chi connectivity index (χ1v) is 11.3. The van der Waals surface area contributed by atoms with Gasteiger partial charge in [-0.1, -0.05) is 0 Å². The zero-order chi connectivity index (χ0) is 22.2. The lowest BCUT2D eigenvalue weighted by molar-refractivity contribution is -0.122. The van der Waals surface area contributed by atoms with Gasteiger partial charge in [0.1, 0.15) is 5.82 Å². The van der Waals surface area contributed by atoms with Gasteiger partial charge >= 0.3 is 6.09 Å². The summed E-state index contributed by atoms with van der Waals surface area (Å²) in [6.07, 6.45) is 4.90. The van der Waals surface area contributed by atoms with Crippen molar-refractivity contribution in [2.75, 3.05) is 43.1 Å². The van der Waals surface area contributed by atoms with E-state index in [1.54, 1.807) is 26.0 Å². The number of benzene rings is 1. The molecular weight excluding hydrogens is 401 g/mol. The van der Waals surface area contributed by atoms with Crippen LogP contribution < -0.4 is 10.2 Å². The first-order chi connectivity index (χ1) is 15.0. The van der Waals surface area contributed by atoms with Crippen LogP contribution in [0.4, 0.5) is 20.6 Å². The Morgan fingerprint density at radius 2 is 2.13 bits per heavy atom. The fourth-order valence-corrected chi connectivity index (χ4v) is 4.39. The van der Waals surface area contributed by atoms with Crippen molar-refractivity contribution < 1.29 is 23.5 Å². The number of hydrogen-bond acceptors (Lipinski definition) is 5. The second-order valence-corrected chi connectivity index (χ2v) is 8.67. The second-order valence-electron chi connectivity index (χ2n) is 8.67. The largest absolute Gasteiger partial charge is 0.447 e. The normalized spacial score (nSPS) is 19.9. The summed E-state index contributed by atoms with van der Waals surface area (Å²) < 4.78 is 25.2. The summed E-state index contributed by atoms with van der Waals surface area (Å²) >= 11 is 0. The molecule has 8 heteroatoms. The zero-order valence-corrected chi connectivity index (χ0v) is 18.5. The molecule has 3 rings (SSSR count). The van der Waals surface area contributed by atoms with Gasteiger partial charge in [-0.3, -0.25) is 10.1 Å². The minimum Gasteiger partial charge on any atom is -0.447 e. The number of anilines is 2. The number of amides is 2. The summed E-state index contributed by atoms with van der Waals surface area (Å²) in [7, 11) is 0. The third-order valence-electron chi connectivity index (χ3n) is 5.99. The van der Waals surface area contributed by atoms with E-state index in [1.165, 1.54) is 6.07 Å². The van der Waals surface area contributed by atoms with Gasteiger partial charge in [0.2, 0.25) is 6.41 Å². The Morgan fingerprint density at radius 3 is 2.81 bits per heavy atom. The van der Waals surface area contributed by atoms with Crippen LogP contribution in [0, 0.1) is 11.7 Å². The number of nitrogens with one attached hydrogen (secondary N) is 1. The average molecular weight is 436 g/mol. The molecule has 1 N–H and O–H groups in total. The molecule has 2 fully saturated rings. The first-order valence-electron chi connectivity index (χ1n) is 11.3. The number of carbonyl (C=O) groups excluding carboxylic acids is 2. The molecule has 2 aliphatic heterocycles. The highest BCUT2D eigenvalue weighted by Gasteiger charge is 2.25.